The summed E-state index contributed by atoms with van der Waals surface area (Å²) in [6, 6.07) is 13.1. The number of sulfonamides is 1. The van der Waals surface area contributed by atoms with Crippen molar-refractivity contribution in [1.29, 1.82) is 0 Å². The first kappa shape index (κ1) is 17.1. The number of amides is 1. The predicted molar refractivity (Wildman–Crippen MR) is 87.5 cm³/mol. The molecule has 0 radical (unpaired) electrons. The number of hydrogen-bond acceptors (Lipinski definition) is 4. The smallest absolute Gasteiger partial charge is 0.264 e. The van der Waals surface area contributed by atoms with Crippen LogP contribution >= 0.6 is 0 Å². The molecular formula is C16H18N2O4S. The fraction of sp³-hybridized carbons (Fsp3) is 0.188. The van der Waals surface area contributed by atoms with E-state index in [0.29, 0.717) is 5.69 Å². The zero-order valence-electron chi connectivity index (χ0n) is 13.1. The van der Waals surface area contributed by atoms with Crippen LogP contribution in [0.5, 0.6) is 0 Å². The SMILES string of the molecule is CON(C)S(=O)(=O)c1cccc(C(=O)Nc2ccc(C)cc2)c1. The number of benzene rings is 2. The first-order valence-corrected chi connectivity index (χ1v) is 8.29. The van der Waals surface area contributed by atoms with Crippen LogP contribution in [0, 0.1) is 6.92 Å². The molecule has 2 rings (SSSR count). The molecule has 1 amide bonds. The maximum Gasteiger partial charge on any atom is 0.264 e. The number of hydrogen-bond donors (Lipinski definition) is 1. The number of anilines is 1. The van der Waals surface area contributed by atoms with Gasteiger partial charge in [0, 0.05) is 18.3 Å². The monoisotopic (exact) mass is 334 g/mol. The highest BCUT2D eigenvalue weighted by atomic mass is 32.2. The van der Waals surface area contributed by atoms with Crippen molar-refractivity contribution in [2.75, 3.05) is 19.5 Å². The molecule has 0 atom stereocenters. The van der Waals surface area contributed by atoms with E-state index in [-0.39, 0.29) is 16.4 Å². The van der Waals surface area contributed by atoms with Gasteiger partial charge in [0.2, 0.25) is 0 Å². The van der Waals surface area contributed by atoms with E-state index in [0.717, 1.165) is 10.0 Å². The Balaban J connectivity index is 2.25. The van der Waals surface area contributed by atoms with Gasteiger partial charge in [0.05, 0.1) is 12.0 Å². The zero-order chi connectivity index (χ0) is 17.0. The van der Waals surface area contributed by atoms with Crippen LogP contribution in [0.25, 0.3) is 0 Å². The van der Waals surface area contributed by atoms with Gasteiger partial charge in [0.15, 0.2) is 0 Å². The standard InChI is InChI=1S/C16H18N2O4S/c1-12-7-9-14(10-8-12)17-16(19)13-5-4-6-15(11-13)23(20,21)18(2)22-3/h4-11H,1-3H3,(H,17,19). The highest BCUT2D eigenvalue weighted by Crippen LogP contribution is 2.17. The second-order valence-corrected chi connectivity index (χ2v) is 6.88. The number of rotatable bonds is 5. The molecule has 1 N–H and O–H groups in total. The lowest BCUT2D eigenvalue weighted by Crippen LogP contribution is -2.26. The number of carbonyl (C=O) groups excluding carboxylic acids is 1. The van der Waals surface area contributed by atoms with E-state index in [2.05, 4.69) is 5.32 Å². The molecule has 0 saturated carbocycles. The zero-order valence-corrected chi connectivity index (χ0v) is 13.9. The minimum absolute atomic E-state index is 0.0154. The molecular weight excluding hydrogens is 316 g/mol. The maximum absolute atomic E-state index is 12.3. The van der Waals surface area contributed by atoms with E-state index in [4.69, 9.17) is 4.84 Å². The molecule has 0 aliphatic rings. The van der Waals surface area contributed by atoms with Crippen molar-refractivity contribution >= 4 is 21.6 Å². The lowest BCUT2D eigenvalue weighted by Gasteiger charge is -2.14. The Hall–Kier alpha value is -2.22. The molecule has 2 aromatic rings. The number of carbonyl (C=O) groups is 1. The van der Waals surface area contributed by atoms with E-state index >= 15 is 0 Å². The molecule has 0 unspecified atom stereocenters. The van der Waals surface area contributed by atoms with Crippen LogP contribution in [0.2, 0.25) is 0 Å². The Bertz CT molecular complexity index is 801. The van der Waals surface area contributed by atoms with E-state index in [1.165, 1.54) is 32.4 Å². The van der Waals surface area contributed by atoms with Crippen LogP contribution < -0.4 is 5.32 Å². The molecule has 122 valence electrons. The fourth-order valence-electron chi connectivity index (χ4n) is 1.88. The van der Waals surface area contributed by atoms with Gasteiger partial charge in [0.25, 0.3) is 15.9 Å². The van der Waals surface area contributed by atoms with E-state index in [9.17, 15) is 13.2 Å². The summed E-state index contributed by atoms with van der Waals surface area (Å²) >= 11 is 0. The van der Waals surface area contributed by atoms with E-state index < -0.39 is 10.0 Å². The van der Waals surface area contributed by atoms with Gasteiger partial charge >= 0.3 is 0 Å². The van der Waals surface area contributed by atoms with Crippen molar-refractivity contribution in [3.8, 4) is 0 Å². The molecule has 6 nitrogen and oxygen atoms in total. The molecule has 7 heteroatoms. The molecule has 23 heavy (non-hydrogen) atoms. The molecule has 0 aliphatic heterocycles. The van der Waals surface area contributed by atoms with Gasteiger partial charge in [-0.3, -0.25) is 9.63 Å². The third-order valence-electron chi connectivity index (χ3n) is 3.30. The van der Waals surface area contributed by atoms with E-state index in [1.54, 1.807) is 18.2 Å². The van der Waals surface area contributed by atoms with Crippen LogP contribution in [0.3, 0.4) is 0 Å². The summed E-state index contributed by atoms with van der Waals surface area (Å²) in [5.41, 5.74) is 1.97. The summed E-state index contributed by atoms with van der Waals surface area (Å²) in [5, 5.41) is 2.73. The number of aryl methyl sites for hydroxylation is 1. The van der Waals surface area contributed by atoms with Crippen molar-refractivity contribution in [1.82, 2.24) is 4.47 Å². The Labute approximate surface area is 135 Å². The quantitative estimate of drug-likeness (QED) is 0.852. The van der Waals surface area contributed by atoms with Gasteiger partial charge in [-0.05, 0) is 37.3 Å². The van der Waals surface area contributed by atoms with Gasteiger partial charge in [-0.15, -0.1) is 0 Å². The van der Waals surface area contributed by atoms with Crippen molar-refractivity contribution in [3.05, 3.63) is 59.7 Å². The normalized spacial score (nSPS) is 11.5. The van der Waals surface area contributed by atoms with Crippen molar-refractivity contribution < 1.29 is 18.0 Å². The van der Waals surface area contributed by atoms with Crippen LogP contribution in [-0.4, -0.2) is 33.0 Å². The Kier molecular flexibility index (Phi) is 5.15. The molecule has 0 fully saturated rings. The summed E-state index contributed by atoms with van der Waals surface area (Å²) in [5.74, 6) is -0.383. The predicted octanol–water partition coefficient (Wildman–Crippen LogP) is 2.43. The Morgan fingerprint density at radius 1 is 1.13 bits per heavy atom. The van der Waals surface area contributed by atoms with Gasteiger partial charge in [-0.2, -0.15) is 0 Å². The summed E-state index contributed by atoms with van der Waals surface area (Å²) in [6.07, 6.45) is 0. The molecule has 0 aliphatic carbocycles. The lowest BCUT2D eigenvalue weighted by molar-refractivity contribution is -0.0258. The minimum Gasteiger partial charge on any atom is -0.322 e. The number of hydroxylamine groups is 1. The molecule has 0 bridgehead atoms. The Morgan fingerprint density at radius 2 is 1.78 bits per heavy atom. The fourth-order valence-corrected chi connectivity index (χ4v) is 2.90. The van der Waals surface area contributed by atoms with Gasteiger partial charge in [-0.1, -0.05) is 28.2 Å². The average molecular weight is 334 g/mol. The summed E-state index contributed by atoms with van der Waals surface area (Å²) < 4.78 is 25.1. The largest absolute Gasteiger partial charge is 0.322 e. The molecule has 0 aromatic heterocycles. The first-order valence-electron chi connectivity index (χ1n) is 6.85. The number of nitrogens with zero attached hydrogens (tertiary/aromatic N) is 1. The first-order chi connectivity index (χ1) is 10.8. The summed E-state index contributed by atoms with van der Waals surface area (Å²) in [4.78, 5) is 17.0. The average Bonchev–Trinajstić information content (AvgIpc) is 2.56. The summed E-state index contributed by atoms with van der Waals surface area (Å²) in [6.45, 7) is 1.95. The van der Waals surface area contributed by atoms with Crippen molar-refractivity contribution in [2.24, 2.45) is 0 Å². The Morgan fingerprint density at radius 3 is 2.39 bits per heavy atom. The topological polar surface area (TPSA) is 75.7 Å². The van der Waals surface area contributed by atoms with Crippen molar-refractivity contribution in [2.45, 2.75) is 11.8 Å². The molecule has 2 aromatic carbocycles. The summed E-state index contributed by atoms with van der Waals surface area (Å²) in [7, 11) is -1.25. The van der Waals surface area contributed by atoms with Gasteiger partial charge in [0.1, 0.15) is 0 Å². The molecule has 0 heterocycles. The third-order valence-corrected chi connectivity index (χ3v) is 4.97. The second-order valence-electron chi connectivity index (χ2n) is 4.95. The third kappa shape index (κ3) is 3.95. The minimum atomic E-state index is -3.79. The molecule has 0 spiro atoms. The van der Waals surface area contributed by atoms with Crippen LogP contribution in [-0.2, 0) is 14.9 Å². The molecule has 0 saturated heterocycles. The maximum atomic E-state index is 12.3. The van der Waals surface area contributed by atoms with Crippen LogP contribution in [0.4, 0.5) is 5.69 Å². The van der Waals surface area contributed by atoms with Crippen LogP contribution in [0.1, 0.15) is 15.9 Å². The van der Waals surface area contributed by atoms with Crippen LogP contribution in [0.15, 0.2) is 53.4 Å². The highest BCUT2D eigenvalue weighted by Gasteiger charge is 2.21. The van der Waals surface area contributed by atoms with E-state index in [1.807, 2.05) is 19.1 Å². The lowest BCUT2D eigenvalue weighted by atomic mass is 10.2. The number of nitrogens with one attached hydrogen (secondary N) is 1. The highest BCUT2D eigenvalue weighted by molar-refractivity contribution is 7.89. The van der Waals surface area contributed by atoms with Crippen molar-refractivity contribution in [3.63, 3.8) is 0 Å². The van der Waals surface area contributed by atoms with Gasteiger partial charge in [-0.25, -0.2) is 8.42 Å². The van der Waals surface area contributed by atoms with Gasteiger partial charge < -0.3 is 5.32 Å². The second kappa shape index (κ2) is 6.91.